The Kier molecular flexibility index (Phi) is 9.36. The molecule has 1 unspecified atom stereocenters. The number of carbonyl (C=O) groups excluding carboxylic acids is 1. The fourth-order valence-corrected chi connectivity index (χ4v) is 4.81. The topological polar surface area (TPSA) is 42.0 Å². The molecule has 1 amide bonds. The number of nitrogens with zero attached hydrogens (tertiary/aromatic N) is 1. The second-order valence-electron chi connectivity index (χ2n) is 8.35. The molecule has 0 saturated carbocycles. The van der Waals surface area contributed by atoms with Gasteiger partial charge in [0.25, 0.3) is 0 Å². The number of thiazole rings is 1. The van der Waals surface area contributed by atoms with Gasteiger partial charge in [0.05, 0.1) is 15.6 Å². The smallest absolute Gasteiger partial charge is 0.232 e. The largest absolute Gasteiger partial charge is 0.301 e. The highest BCUT2D eigenvalue weighted by molar-refractivity contribution is 7.22. The van der Waals surface area contributed by atoms with Gasteiger partial charge in [-0.15, -0.1) is 0 Å². The molecular formula is C29H36N2OS. The van der Waals surface area contributed by atoms with Crippen LogP contribution in [0.1, 0.15) is 57.2 Å². The first-order valence-electron chi connectivity index (χ1n) is 11.5. The second kappa shape index (κ2) is 11.8. The highest BCUT2D eigenvalue weighted by Gasteiger charge is 2.39. The molecule has 1 N–H and O–H groups in total. The lowest BCUT2D eigenvalue weighted by molar-refractivity contribution is -0.124. The van der Waals surface area contributed by atoms with Crippen LogP contribution >= 0.6 is 11.3 Å². The fraction of sp³-hybridized carbons (Fsp3) is 0.310. The Morgan fingerprint density at radius 3 is 2.36 bits per heavy atom. The van der Waals surface area contributed by atoms with Crippen molar-refractivity contribution < 1.29 is 4.79 Å². The number of allylic oxidation sites excluding steroid dienone is 5. The van der Waals surface area contributed by atoms with E-state index in [4.69, 9.17) is 0 Å². The molecule has 4 heteroatoms. The third-order valence-corrected chi connectivity index (χ3v) is 6.60. The summed E-state index contributed by atoms with van der Waals surface area (Å²) in [6.45, 7) is 18.0. The quantitative estimate of drug-likeness (QED) is 0.360. The zero-order valence-corrected chi connectivity index (χ0v) is 21.7. The first-order valence-corrected chi connectivity index (χ1v) is 12.3. The molecule has 1 aromatic heterocycles. The van der Waals surface area contributed by atoms with Gasteiger partial charge in [0.2, 0.25) is 5.91 Å². The molecule has 0 aliphatic rings. The lowest BCUT2D eigenvalue weighted by Crippen LogP contribution is -2.37. The molecule has 0 radical (unpaired) electrons. The van der Waals surface area contributed by atoms with Crippen molar-refractivity contribution in [3.8, 4) is 0 Å². The van der Waals surface area contributed by atoms with E-state index < -0.39 is 5.41 Å². The van der Waals surface area contributed by atoms with E-state index in [2.05, 4.69) is 61.1 Å². The molecule has 0 saturated heterocycles. The molecule has 1 heterocycles. The molecule has 174 valence electrons. The van der Waals surface area contributed by atoms with Gasteiger partial charge in [-0.25, -0.2) is 4.98 Å². The van der Waals surface area contributed by atoms with Crippen molar-refractivity contribution in [3.05, 3.63) is 95.6 Å². The number of anilines is 1. The molecular weight excluding hydrogens is 424 g/mol. The Balaban J connectivity index is 0.00000187. The van der Waals surface area contributed by atoms with Crippen molar-refractivity contribution in [3.63, 3.8) is 0 Å². The maximum absolute atomic E-state index is 13.6. The van der Waals surface area contributed by atoms with Gasteiger partial charge in [-0.1, -0.05) is 100 Å². The number of rotatable bonds is 7. The molecule has 3 rings (SSSR count). The number of nitrogens with one attached hydrogen (secondary N) is 1. The van der Waals surface area contributed by atoms with Gasteiger partial charge in [0.1, 0.15) is 0 Å². The van der Waals surface area contributed by atoms with Crippen molar-refractivity contribution in [2.24, 2.45) is 5.41 Å². The standard InChI is InChI=1S/C27H30N2OS.C2H6/c1-7-12-20(13-8-2)24(21-14-10-9-11-15-21)27(5,6)25(30)29-26-28-22-16-18(3)19(4)17-23(22)31-26;1-2/h7-17,24H,1H2,2-6H3,(H,28,29,30);1-2H3/b13-8-,20-12+;. The highest BCUT2D eigenvalue weighted by atomic mass is 32.1. The number of carbonyl (C=O) groups is 1. The highest BCUT2D eigenvalue weighted by Crippen LogP contribution is 2.43. The van der Waals surface area contributed by atoms with Crippen LogP contribution in [0.25, 0.3) is 10.2 Å². The first kappa shape index (κ1) is 26.3. The molecule has 0 fully saturated rings. The molecule has 3 nitrogen and oxygen atoms in total. The number of aryl methyl sites for hydroxylation is 2. The molecule has 1 atom stereocenters. The van der Waals surface area contributed by atoms with Crippen LogP contribution in [-0.4, -0.2) is 10.9 Å². The van der Waals surface area contributed by atoms with Crippen molar-refractivity contribution in [1.82, 2.24) is 4.98 Å². The van der Waals surface area contributed by atoms with Gasteiger partial charge >= 0.3 is 0 Å². The molecule has 0 aliphatic heterocycles. The van der Waals surface area contributed by atoms with Gasteiger partial charge < -0.3 is 5.32 Å². The number of fused-ring (bicyclic) bond motifs is 1. The minimum Gasteiger partial charge on any atom is -0.301 e. The Morgan fingerprint density at radius 1 is 1.12 bits per heavy atom. The number of aromatic nitrogens is 1. The van der Waals surface area contributed by atoms with Crippen LogP contribution in [0, 0.1) is 19.3 Å². The number of hydrogen-bond donors (Lipinski definition) is 1. The minimum atomic E-state index is -0.723. The van der Waals surface area contributed by atoms with Crippen LogP contribution in [0.2, 0.25) is 0 Å². The number of benzene rings is 2. The van der Waals surface area contributed by atoms with E-state index in [0.29, 0.717) is 5.13 Å². The summed E-state index contributed by atoms with van der Waals surface area (Å²) in [7, 11) is 0. The van der Waals surface area contributed by atoms with Gasteiger partial charge in [0.15, 0.2) is 5.13 Å². The predicted molar refractivity (Wildman–Crippen MR) is 145 cm³/mol. The van der Waals surface area contributed by atoms with Crippen molar-refractivity contribution in [2.45, 2.75) is 54.4 Å². The molecule has 33 heavy (non-hydrogen) atoms. The Bertz CT molecular complexity index is 1110. The van der Waals surface area contributed by atoms with Crippen molar-refractivity contribution >= 4 is 32.6 Å². The van der Waals surface area contributed by atoms with Crippen LogP contribution in [0.5, 0.6) is 0 Å². The van der Waals surface area contributed by atoms with E-state index in [-0.39, 0.29) is 11.8 Å². The monoisotopic (exact) mass is 460 g/mol. The average Bonchev–Trinajstić information content (AvgIpc) is 3.17. The summed E-state index contributed by atoms with van der Waals surface area (Å²) < 4.78 is 1.08. The molecule has 0 aliphatic carbocycles. The Hall–Kier alpha value is -2.98. The summed E-state index contributed by atoms with van der Waals surface area (Å²) >= 11 is 1.51. The van der Waals surface area contributed by atoms with Crippen molar-refractivity contribution in [1.29, 1.82) is 0 Å². The van der Waals surface area contributed by atoms with Crippen LogP contribution in [0.4, 0.5) is 5.13 Å². The SMILES string of the molecule is C=C/C=C(\C=C/C)C(c1ccccc1)C(C)(C)C(=O)Nc1nc2cc(C)c(C)cc2s1.CC. The number of hydrogen-bond acceptors (Lipinski definition) is 3. The van der Waals surface area contributed by atoms with Crippen molar-refractivity contribution in [2.75, 3.05) is 5.32 Å². The maximum atomic E-state index is 13.6. The lowest BCUT2D eigenvalue weighted by Gasteiger charge is -2.34. The Labute approximate surface area is 203 Å². The van der Waals surface area contributed by atoms with Crippen LogP contribution < -0.4 is 5.32 Å². The van der Waals surface area contributed by atoms with E-state index in [1.807, 2.05) is 65.0 Å². The van der Waals surface area contributed by atoms with Gasteiger partial charge in [-0.2, -0.15) is 0 Å². The zero-order valence-electron chi connectivity index (χ0n) is 20.9. The van der Waals surface area contributed by atoms with Crippen LogP contribution in [0.15, 0.2) is 78.9 Å². The van der Waals surface area contributed by atoms with E-state index in [9.17, 15) is 4.79 Å². The molecule has 0 bridgehead atoms. The van der Waals surface area contributed by atoms with E-state index in [0.717, 1.165) is 21.4 Å². The normalized spacial score (nSPS) is 12.9. The summed E-state index contributed by atoms with van der Waals surface area (Å²) in [4.78, 5) is 18.2. The van der Waals surface area contributed by atoms with E-state index in [1.165, 1.54) is 22.5 Å². The summed E-state index contributed by atoms with van der Waals surface area (Å²) in [6, 6.07) is 14.4. The summed E-state index contributed by atoms with van der Waals surface area (Å²) in [5, 5.41) is 3.72. The average molecular weight is 461 g/mol. The molecule has 2 aromatic carbocycles. The summed E-state index contributed by atoms with van der Waals surface area (Å²) in [5.74, 6) is -0.199. The van der Waals surface area contributed by atoms with E-state index >= 15 is 0 Å². The first-order chi connectivity index (χ1) is 15.8. The third kappa shape index (κ3) is 6.08. The number of amides is 1. The van der Waals surface area contributed by atoms with Gasteiger partial charge in [-0.3, -0.25) is 4.79 Å². The van der Waals surface area contributed by atoms with E-state index in [1.54, 1.807) is 6.08 Å². The van der Waals surface area contributed by atoms with Crippen LogP contribution in [0.3, 0.4) is 0 Å². The zero-order chi connectivity index (χ0) is 24.6. The summed E-state index contributed by atoms with van der Waals surface area (Å²) in [6.07, 6.45) is 7.81. The minimum absolute atomic E-state index is 0.0617. The maximum Gasteiger partial charge on any atom is 0.232 e. The molecule has 3 aromatic rings. The Morgan fingerprint density at radius 2 is 1.76 bits per heavy atom. The summed E-state index contributed by atoms with van der Waals surface area (Å²) in [5.41, 5.74) is 4.75. The van der Waals surface area contributed by atoms with Crippen LogP contribution in [-0.2, 0) is 4.79 Å². The predicted octanol–water partition coefficient (Wildman–Crippen LogP) is 8.38. The molecule has 0 spiro atoms. The fourth-order valence-electron chi connectivity index (χ4n) is 3.87. The lowest BCUT2D eigenvalue weighted by atomic mass is 9.70. The van der Waals surface area contributed by atoms with Gasteiger partial charge in [0, 0.05) is 5.92 Å². The van der Waals surface area contributed by atoms with Gasteiger partial charge in [-0.05, 0) is 55.2 Å². The third-order valence-electron chi connectivity index (χ3n) is 5.67. The second-order valence-corrected chi connectivity index (χ2v) is 9.38.